The van der Waals surface area contributed by atoms with E-state index in [2.05, 4.69) is 4.98 Å². The number of aliphatic hydroxyl groups excluding tert-OH is 1. The van der Waals surface area contributed by atoms with Gasteiger partial charge in [0.05, 0.1) is 24.1 Å². The maximum atomic E-state index is 15.9. The van der Waals surface area contributed by atoms with Crippen LogP contribution in [0.2, 0.25) is 0 Å². The summed E-state index contributed by atoms with van der Waals surface area (Å²) in [4.78, 5) is 6.57. The molecular formula is C31H27FN2O4. The number of hydrogen-bond acceptors (Lipinski definition) is 6. The molecule has 1 aliphatic rings. The Balaban J connectivity index is 1.39. The lowest BCUT2D eigenvalue weighted by Gasteiger charge is -2.45. The summed E-state index contributed by atoms with van der Waals surface area (Å²) in [6.45, 7) is 2.94. The molecule has 0 amide bonds. The predicted octanol–water partition coefficient (Wildman–Crippen LogP) is 6.36. The van der Waals surface area contributed by atoms with Crippen LogP contribution in [0.3, 0.4) is 0 Å². The van der Waals surface area contributed by atoms with E-state index in [0.29, 0.717) is 46.8 Å². The van der Waals surface area contributed by atoms with Crippen LogP contribution >= 0.6 is 0 Å². The lowest BCUT2D eigenvalue weighted by Crippen LogP contribution is -2.58. The minimum atomic E-state index is -0.451. The normalized spacial score (nSPS) is 16.9. The first-order valence-electron chi connectivity index (χ1n) is 12.6. The van der Waals surface area contributed by atoms with E-state index in [1.165, 1.54) is 6.07 Å². The number of pyridine rings is 1. The predicted molar refractivity (Wildman–Crippen MR) is 144 cm³/mol. The van der Waals surface area contributed by atoms with Gasteiger partial charge in [0, 0.05) is 35.2 Å². The molecule has 192 valence electrons. The Hall–Kier alpha value is -4.36. The Kier molecular flexibility index (Phi) is 6.43. The number of anilines is 1. The molecule has 0 saturated carbocycles. The number of hydrogen-bond donors (Lipinski definition) is 1. The van der Waals surface area contributed by atoms with Gasteiger partial charge in [-0.2, -0.15) is 4.98 Å². The molecule has 1 saturated heterocycles. The van der Waals surface area contributed by atoms with Gasteiger partial charge in [0.2, 0.25) is 11.8 Å². The monoisotopic (exact) mass is 510 g/mol. The van der Waals surface area contributed by atoms with E-state index in [1.807, 2.05) is 72.5 Å². The zero-order chi connectivity index (χ0) is 26.1. The van der Waals surface area contributed by atoms with Crippen LogP contribution in [-0.2, 0) is 13.2 Å². The summed E-state index contributed by atoms with van der Waals surface area (Å²) in [7, 11) is 0. The highest BCUT2D eigenvalue weighted by Crippen LogP contribution is 2.43. The van der Waals surface area contributed by atoms with Gasteiger partial charge in [-0.15, -0.1) is 0 Å². The van der Waals surface area contributed by atoms with Crippen LogP contribution in [0.25, 0.3) is 22.1 Å². The van der Waals surface area contributed by atoms with Crippen LogP contribution in [-0.4, -0.2) is 28.8 Å². The van der Waals surface area contributed by atoms with Gasteiger partial charge in [-0.05, 0) is 30.2 Å². The van der Waals surface area contributed by atoms with E-state index >= 15 is 4.39 Å². The lowest BCUT2D eigenvalue weighted by molar-refractivity contribution is 0.0995. The van der Waals surface area contributed by atoms with E-state index in [-0.39, 0.29) is 18.5 Å². The van der Waals surface area contributed by atoms with Crippen LogP contribution in [0.5, 0.6) is 11.8 Å². The molecule has 1 fully saturated rings. The molecule has 1 aliphatic heterocycles. The van der Waals surface area contributed by atoms with Crippen LogP contribution in [0.1, 0.15) is 18.1 Å². The molecule has 38 heavy (non-hydrogen) atoms. The van der Waals surface area contributed by atoms with Gasteiger partial charge in [0.1, 0.15) is 19.0 Å². The highest BCUT2D eigenvalue weighted by atomic mass is 19.1. The Morgan fingerprint density at radius 3 is 2.29 bits per heavy atom. The fourth-order valence-electron chi connectivity index (χ4n) is 4.75. The topological polar surface area (TPSA) is 68.0 Å². The van der Waals surface area contributed by atoms with Gasteiger partial charge >= 0.3 is 0 Å². The number of halogens is 1. The number of nitrogens with zero attached hydrogens (tertiary/aromatic N) is 2. The number of aromatic nitrogens is 1. The molecule has 0 spiro atoms. The van der Waals surface area contributed by atoms with Crippen molar-refractivity contribution in [2.75, 3.05) is 11.4 Å². The largest absolute Gasteiger partial charge is 0.473 e. The first-order valence-corrected chi connectivity index (χ1v) is 12.6. The third-order valence-electron chi connectivity index (χ3n) is 6.96. The minimum absolute atomic E-state index is 0.124. The molecule has 6 rings (SSSR count). The molecule has 0 bridgehead atoms. The molecule has 0 unspecified atom stereocenters. The molecule has 6 nitrogen and oxygen atoms in total. The second-order valence-electron chi connectivity index (χ2n) is 9.43. The smallest absolute Gasteiger partial charge is 0.225 e. The first-order chi connectivity index (χ1) is 18.6. The number of aliphatic hydroxyl groups is 1. The van der Waals surface area contributed by atoms with Crippen molar-refractivity contribution in [3.05, 3.63) is 108 Å². The summed E-state index contributed by atoms with van der Waals surface area (Å²) in [5, 5.41) is 10.6. The summed E-state index contributed by atoms with van der Waals surface area (Å²) >= 11 is 0. The van der Waals surface area contributed by atoms with Crippen molar-refractivity contribution < 1.29 is 23.4 Å². The molecule has 0 radical (unpaired) electrons. The van der Waals surface area contributed by atoms with Gasteiger partial charge < -0.3 is 23.9 Å². The molecule has 2 aromatic heterocycles. The third-order valence-corrected chi connectivity index (χ3v) is 6.96. The Bertz CT molecular complexity index is 1560. The summed E-state index contributed by atoms with van der Waals surface area (Å²) < 4.78 is 33.8. The van der Waals surface area contributed by atoms with Crippen molar-refractivity contribution in [1.29, 1.82) is 0 Å². The quantitative estimate of drug-likeness (QED) is 0.262. The summed E-state index contributed by atoms with van der Waals surface area (Å²) in [6.07, 6.45) is 1.10. The Morgan fingerprint density at radius 1 is 0.947 bits per heavy atom. The van der Waals surface area contributed by atoms with E-state index in [0.717, 1.165) is 11.1 Å². The van der Waals surface area contributed by atoms with Gasteiger partial charge in [-0.25, -0.2) is 4.39 Å². The first kappa shape index (κ1) is 24.0. The van der Waals surface area contributed by atoms with Crippen LogP contribution in [0.15, 0.2) is 95.6 Å². The van der Waals surface area contributed by atoms with E-state index in [9.17, 15) is 5.11 Å². The lowest BCUT2D eigenvalue weighted by atomic mass is 9.96. The molecule has 1 N–H and O–H groups in total. The Morgan fingerprint density at radius 2 is 1.63 bits per heavy atom. The van der Waals surface area contributed by atoms with Gasteiger partial charge in [-0.1, -0.05) is 60.7 Å². The average Bonchev–Trinajstić information content (AvgIpc) is 3.44. The zero-order valence-electron chi connectivity index (χ0n) is 20.9. The third kappa shape index (κ3) is 4.57. The summed E-state index contributed by atoms with van der Waals surface area (Å²) in [5.41, 5.74) is 3.99. The van der Waals surface area contributed by atoms with E-state index in [1.54, 1.807) is 24.5 Å². The van der Waals surface area contributed by atoms with Crippen LogP contribution < -0.4 is 14.4 Å². The highest BCUT2D eigenvalue weighted by Gasteiger charge is 2.36. The van der Waals surface area contributed by atoms with Gasteiger partial charge in [0.15, 0.2) is 5.58 Å². The molecule has 3 heterocycles. The van der Waals surface area contributed by atoms with Crippen molar-refractivity contribution >= 4 is 16.7 Å². The number of fused-ring (bicyclic) bond motifs is 1. The molecule has 2 atom stereocenters. The molecule has 5 aromatic rings. The highest BCUT2D eigenvalue weighted by molar-refractivity contribution is 6.02. The minimum Gasteiger partial charge on any atom is -0.473 e. The Labute approximate surface area is 219 Å². The fourth-order valence-corrected chi connectivity index (χ4v) is 4.75. The van der Waals surface area contributed by atoms with Crippen LogP contribution in [0, 0.1) is 5.82 Å². The van der Waals surface area contributed by atoms with Crippen LogP contribution in [0.4, 0.5) is 10.1 Å². The number of β-amino-alcohol motifs (C(OH)–C–C–N with tert-alkyl or cyclic N) is 1. The number of ether oxygens (including phenoxy) is 2. The molecular weight excluding hydrogens is 483 g/mol. The number of benzene rings is 3. The van der Waals surface area contributed by atoms with Gasteiger partial charge in [0.25, 0.3) is 0 Å². The standard InChI is InChI=1S/C31H27FN2O4/c1-20-27(35)17-34(20)26-16-25(32)29(23-14-15-36-30(23)26)24-12-13-28(37-18-21-8-4-2-5-9-21)33-31(24)38-19-22-10-6-3-7-11-22/h2-16,20,27,35H,17-19H2,1H3/t20-,27+/m1/s1. The SMILES string of the molecule is C[C@@H]1[C@@H](O)CN1c1cc(F)c(-c2ccc(OCc3ccccc3)nc2OCc2ccccc2)c2ccoc12. The molecule has 3 aromatic carbocycles. The zero-order valence-corrected chi connectivity index (χ0v) is 20.9. The van der Waals surface area contributed by atoms with Crippen molar-refractivity contribution in [3.8, 4) is 22.9 Å². The van der Waals surface area contributed by atoms with Crippen molar-refractivity contribution in [1.82, 2.24) is 4.98 Å². The van der Waals surface area contributed by atoms with Crippen molar-refractivity contribution in [2.45, 2.75) is 32.3 Å². The number of furan rings is 1. The second kappa shape index (κ2) is 10.2. The van der Waals surface area contributed by atoms with E-state index in [4.69, 9.17) is 13.9 Å². The average molecular weight is 511 g/mol. The molecule has 0 aliphatic carbocycles. The van der Waals surface area contributed by atoms with Gasteiger partial charge in [-0.3, -0.25) is 0 Å². The maximum Gasteiger partial charge on any atom is 0.225 e. The summed E-state index contributed by atoms with van der Waals surface area (Å²) in [5.74, 6) is 0.220. The maximum absolute atomic E-state index is 15.9. The second-order valence-corrected chi connectivity index (χ2v) is 9.43. The fraction of sp³-hybridized carbons (Fsp3) is 0.194. The van der Waals surface area contributed by atoms with E-state index < -0.39 is 11.9 Å². The van der Waals surface area contributed by atoms with Crippen molar-refractivity contribution in [3.63, 3.8) is 0 Å². The van der Waals surface area contributed by atoms with Crippen molar-refractivity contribution in [2.24, 2.45) is 0 Å². The number of rotatable bonds is 8. The summed E-state index contributed by atoms with van der Waals surface area (Å²) in [6, 6.07) is 26.1. The molecule has 7 heteroatoms.